The van der Waals surface area contributed by atoms with Gasteiger partial charge in [-0.05, 0) is 74.5 Å². The van der Waals surface area contributed by atoms with E-state index in [2.05, 4.69) is 69.1 Å². The van der Waals surface area contributed by atoms with Crippen molar-refractivity contribution in [3.63, 3.8) is 0 Å². The quantitative estimate of drug-likeness (QED) is 0.405. The maximum atomic E-state index is 6.13. The second-order valence-electron chi connectivity index (χ2n) is 7.08. The zero-order chi connectivity index (χ0) is 20.4. The van der Waals surface area contributed by atoms with Gasteiger partial charge in [0.25, 0.3) is 0 Å². The Balaban J connectivity index is 2.47. The molecule has 148 valence electrons. The summed E-state index contributed by atoms with van der Waals surface area (Å²) in [6.45, 7) is 8.59. The van der Waals surface area contributed by atoms with Crippen molar-refractivity contribution >= 4 is 11.5 Å². The number of rotatable bonds is 8. The van der Waals surface area contributed by atoms with Crippen molar-refractivity contribution in [1.29, 1.82) is 0 Å². The highest BCUT2D eigenvalue weighted by atomic mass is 14.8. The number of pyridine rings is 1. The lowest BCUT2D eigenvalue weighted by Crippen LogP contribution is -2.07. The van der Waals surface area contributed by atoms with E-state index in [1.54, 1.807) is 6.20 Å². The molecule has 28 heavy (non-hydrogen) atoms. The van der Waals surface area contributed by atoms with Gasteiger partial charge in [0.05, 0.1) is 11.4 Å². The zero-order valence-corrected chi connectivity index (χ0v) is 17.7. The van der Waals surface area contributed by atoms with Crippen molar-refractivity contribution in [2.24, 2.45) is 4.99 Å². The van der Waals surface area contributed by atoms with Crippen LogP contribution in [0.1, 0.15) is 65.4 Å². The number of nitrogens with zero attached hydrogens (tertiary/aromatic N) is 2. The molecule has 0 unspecified atom stereocenters. The molecule has 3 heteroatoms. The predicted octanol–water partition coefficient (Wildman–Crippen LogP) is 6.72. The first-order valence-electron chi connectivity index (χ1n) is 10.3. The van der Waals surface area contributed by atoms with E-state index >= 15 is 0 Å². The number of hydrogen-bond acceptors (Lipinski definition) is 3. The van der Waals surface area contributed by atoms with E-state index in [1.807, 2.05) is 12.1 Å². The van der Waals surface area contributed by atoms with Gasteiger partial charge in [-0.25, -0.2) is 4.98 Å². The smallest absolute Gasteiger partial charge is 0.132 e. The minimum atomic E-state index is 0.537. The highest BCUT2D eigenvalue weighted by molar-refractivity contribution is 6.04. The molecule has 0 aliphatic heterocycles. The normalized spacial score (nSPS) is 16.4. The topological polar surface area (TPSA) is 51.3 Å². The fourth-order valence-corrected chi connectivity index (χ4v) is 3.17. The average molecular weight is 376 g/mol. The summed E-state index contributed by atoms with van der Waals surface area (Å²) in [5.41, 5.74) is 12.8. The van der Waals surface area contributed by atoms with Gasteiger partial charge in [0, 0.05) is 11.8 Å². The highest BCUT2D eigenvalue weighted by Gasteiger charge is 2.09. The SMILES string of the molecule is CC/C=C(C)/C(=C\C=C(/C)C1=CCCC=C1)/N=C(\CCC)c1cccnc1N. The third kappa shape index (κ3) is 6.19. The number of aliphatic imine (C=N–C) groups is 1. The lowest BCUT2D eigenvalue weighted by atomic mass is 10.00. The van der Waals surface area contributed by atoms with E-state index in [1.165, 1.54) is 16.7 Å². The largest absolute Gasteiger partial charge is 0.383 e. The molecule has 3 nitrogen and oxygen atoms in total. The minimum absolute atomic E-state index is 0.537. The summed E-state index contributed by atoms with van der Waals surface area (Å²) in [6.07, 6.45) is 20.1. The van der Waals surface area contributed by atoms with Gasteiger partial charge in [-0.3, -0.25) is 4.99 Å². The number of aromatic nitrogens is 1. The molecule has 0 radical (unpaired) electrons. The maximum absolute atomic E-state index is 6.13. The van der Waals surface area contributed by atoms with Crippen molar-refractivity contribution < 1.29 is 0 Å². The van der Waals surface area contributed by atoms with Gasteiger partial charge in [-0.15, -0.1) is 0 Å². The first-order valence-corrected chi connectivity index (χ1v) is 10.3. The van der Waals surface area contributed by atoms with E-state index in [9.17, 15) is 0 Å². The Labute approximate surface area is 170 Å². The van der Waals surface area contributed by atoms with Crippen LogP contribution in [-0.2, 0) is 0 Å². The van der Waals surface area contributed by atoms with Crippen molar-refractivity contribution in [2.75, 3.05) is 5.73 Å². The van der Waals surface area contributed by atoms with Gasteiger partial charge in [0.1, 0.15) is 5.82 Å². The van der Waals surface area contributed by atoms with Gasteiger partial charge >= 0.3 is 0 Å². The Morgan fingerprint density at radius 3 is 2.68 bits per heavy atom. The summed E-state index contributed by atoms with van der Waals surface area (Å²) in [5, 5.41) is 0. The second kappa shape index (κ2) is 11.2. The van der Waals surface area contributed by atoms with Gasteiger partial charge in [-0.1, -0.05) is 50.6 Å². The Hall–Kier alpha value is -2.68. The Morgan fingerprint density at radius 2 is 2.04 bits per heavy atom. The van der Waals surface area contributed by atoms with Crippen molar-refractivity contribution in [3.05, 3.63) is 82.8 Å². The average Bonchev–Trinajstić information content (AvgIpc) is 2.71. The highest BCUT2D eigenvalue weighted by Crippen LogP contribution is 2.21. The molecule has 1 aliphatic rings. The van der Waals surface area contributed by atoms with Crippen LogP contribution >= 0.6 is 0 Å². The van der Waals surface area contributed by atoms with Crippen LogP contribution in [0.25, 0.3) is 0 Å². The summed E-state index contributed by atoms with van der Waals surface area (Å²) in [5.74, 6) is 0.537. The standard InChI is InChI=1S/C25H33N3/c1-5-11-20(4)23(17-16-19(3)21-13-8-7-9-14-21)28-24(12-6-2)22-15-10-18-27-25(22)26/h8,10-11,13-18H,5-7,9,12H2,1-4H3,(H2,26,27)/b19-16+,20-11+,23-17+,28-24+. The van der Waals surface area contributed by atoms with Crippen molar-refractivity contribution in [1.82, 2.24) is 4.98 Å². The van der Waals surface area contributed by atoms with Crippen LogP contribution < -0.4 is 5.73 Å². The van der Waals surface area contributed by atoms with Crippen LogP contribution in [0, 0.1) is 0 Å². The van der Waals surface area contributed by atoms with E-state index < -0.39 is 0 Å². The molecule has 0 bridgehead atoms. The van der Waals surface area contributed by atoms with E-state index in [0.29, 0.717) is 5.82 Å². The fourth-order valence-electron chi connectivity index (χ4n) is 3.17. The first-order chi connectivity index (χ1) is 13.6. The third-order valence-corrected chi connectivity index (χ3v) is 4.75. The third-order valence-electron chi connectivity index (χ3n) is 4.75. The summed E-state index contributed by atoms with van der Waals surface area (Å²) < 4.78 is 0. The van der Waals surface area contributed by atoms with E-state index in [-0.39, 0.29) is 0 Å². The molecule has 0 saturated carbocycles. The molecule has 0 amide bonds. The van der Waals surface area contributed by atoms with Crippen LogP contribution in [-0.4, -0.2) is 10.7 Å². The number of anilines is 1. The number of allylic oxidation sites excluding steroid dienone is 9. The molecule has 1 aliphatic carbocycles. The monoisotopic (exact) mass is 375 g/mol. The van der Waals surface area contributed by atoms with Crippen LogP contribution in [0.2, 0.25) is 0 Å². The Bertz CT molecular complexity index is 848. The van der Waals surface area contributed by atoms with Gasteiger partial charge < -0.3 is 5.73 Å². The summed E-state index contributed by atoms with van der Waals surface area (Å²) in [6, 6.07) is 3.92. The Morgan fingerprint density at radius 1 is 1.21 bits per heavy atom. The molecule has 0 saturated heterocycles. The molecule has 2 N–H and O–H groups in total. The van der Waals surface area contributed by atoms with E-state index in [0.717, 1.165) is 49.1 Å². The van der Waals surface area contributed by atoms with Crippen LogP contribution in [0.5, 0.6) is 0 Å². The number of hydrogen-bond donors (Lipinski definition) is 1. The molecule has 1 aromatic rings. The van der Waals surface area contributed by atoms with Crippen LogP contribution in [0.3, 0.4) is 0 Å². The van der Waals surface area contributed by atoms with Crippen LogP contribution in [0.4, 0.5) is 5.82 Å². The van der Waals surface area contributed by atoms with Crippen molar-refractivity contribution in [2.45, 2.75) is 59.8 Å². The molecule has 1 heterocycles. The second-order valence-corrected chi connectivity index (χ2v) is 7.08. The van der Waals surface area contributed by atoms with E-state index in [4.69, 9.17) is 10.7 Å². The van der Waals surface area contributed by atoms with Gasteiger partial charge in [0.15, 0.2) is 0 Å². The summed E-state index contributed by atoms with van der Waals surface area (Å²) >= 11 is 0. The Kier molecular flexibility index (Phi) is 8.67. The molecule has 0 aromatic carbocycles. The summed E-state index contributed by atoms with van der Waals surface area (Å²) in [4.78, 5) is 9.28. The zero-order valence-electron chi connectivity index (χ0n) is 17.7. The van der Waals surface area contributed by atoms with Crippen molar-refractivity contribution in [3.8, 4) is 0 Å². The molecule has 2 rings (SSSR count). The maximum Gasteiger partial charge on any atom is 0.132 e. The number of nitrogens with two attached hydrogens (primary N) is 1. The predicted molar refractivity (Wildman–Crippen MR) is 122 cm³/mol. The van der Waals surface area contributed by atoms with Gasteiger partial charge in [0.2, 0.25) is 0 Å². The van der Waals surface area contributed by atoms with Crippen LogP contribution in [0.15, 0.2) is 82.2 Å². The fraction of sp³-hybridized carbons (Fsp3) is 0.360. The molecular formula is C25H33N3. The molecule has 1 aromatic heterocycles. The lowest BCUT2D eigenvalue weighted by molar-refractivity contribution is 0.987. The molecule has 0 fully saturated rings. The lowest BCUT2D eigenvalue weighted by Gasteiger charge is -2.11. The minimum Gasteiger partial charge on any atom is -0.383 e. The molecule has 0 atom stereocenters. The summed E-state index contributed by atoms with van der Waals surface area (Å²) in [7, 11) is 0. The van der Waals surface area contributed by atoms with Gasteiger partial charge in [-0.2, -0.15) is 0 Å². The molecular weight excluding hydrogens is 342 g/mol. The molecule has 0 spiro atoms. The first kappa shape index (κ1) is 21.6. The number of nitrogen functional groups attached to an aromatic ring is 1.